The van der Waals surface area contributed by atoms with Crippen LogP contribution >= 0.6 is 15.9 Å². The first-order chi connectivity index (χ1) is 5.11. The molecule has 0 spiro atoms. The predicted molar refractivity (Wildman–Crippen MR) is 57.8 cm³/mol. The minimum Gasteiger partial charge on any atom is -0.0594 e. The summed E-state index contributed by atoms with van der Waals surface area (Å²) in [5.74, 6) is 0.649. The zero-order chi connectivity index (χ0) is 8.43. The van der Waals surface area contributed by atoms with E-state index in [1.54, 1.807) is 0 Å². The largest absolute Gasteiger partial charge is 0.0594 e. The predicted octanol–water partition coefficient (Wildman–Crippen LogP) is 1.56. The molecule has 0 saturated carbocycles. The second kappa shape index (κ2) is 3.54. The van der Waals surface area contributed by atoms with Crippen molar-refractivity contribution in [3.63, 3.8) is 0 Å². The van der Waals surface area contributed by atoms with Crippen molar-refractivity contribution in [3.8, 4) is 0 Å². The lowest BCUT2D eigenvalue weighted by Crippen LogP contribution is -2.05. The highest BCUT2D eigenvalue weighted by Gasteiger charge is 1.99. The molecule has 0 fully saturated rings. The van der Waals surface area contributed by atoms with Gasteiger partial charge in [0.2, 0.25) is 0 Å². The average Bonchev–Trinajstić information content (AvgIpc) is 1.94. The molecule has 0 atom stereocenters. The molecule has 0 N–H and O–H groups in total. The summed E-state index contributed by atoms with van der Waals surface area (Å²) in [6.45, 7) is 4.45. The normalized spacial score (nSPS) is 10.9. The molecule has 0 aliphatic heterocycles. The minimum atomic E-state index is 0.649. The third-order valence-electron chi connectivity index (χ3n) is 1.85. The quantitative estimate of drug-likeness (QED) is 0.641. The van der Waals surface area contributed by atoms with Gasteiger partial charge in [-0.05, 0) is 17.5 Å². The maximum Gasteiger partial charge on any atom is 0.0399 e. The third-order valence-corrected chi connectivity index (χ3v) is 4.30. The van der Waals surface area contributed by atoms with Crippen molar-refractivity contribution in [1.82, 2.24) is 0 Å². The van der Waals surface area contributed by atoms with Crippen LogP contribution in [0.4, 0.5) is 0 Å². The zero-order valence-electron chi connectivity index (χ0n) is 7.19. The highest BCUT2D eigenvalue weighted by molar-refractivity contribution is 9.10. The van der Waals surface area contributed by atoms with E-state index in [0.29, 0.717) is 5.92 Å². The fourth-order valence-electron chi connectivity index (χ4n) is 1.03. The monoisotopic (exact) mass is 228 g/mol. The molecule has 0 aliphatic rings. The Kier molecular flexibility index (Phi) is 2.90. The Morgan fingerprint density at radius 2 is 2.00 bits per heavy atom. The summed E-state index contributed by atoms with van der Waals surface area (Å²) in [6.07, 6.45) is 0. The van der Waals surface area contributed by atoms with Crippen molar-refractivity contribution >= 4 is 31.4 Å². The highest BCUT2D eigenvalue weighted by Crippen LogP contribution is 2.15. The first-order valence-corrected chi connectivity index (χ1v) is 5.66. The molecule has 0 saturated heterocycles. The summed E-state index contributed by atoms with van der Waals surface area (Å²) in [4.78, 5) is 0. The van der Waals surface area contributed by atoms with E-state index in [-0.39, 0.29) is 0 Å². The van der Waals surface area contributed by atoms with Crippen molar-refractivity contribution in [2.45, 2.75) is 19.8 Å². The van der Waals surface area contributed by atoms with Gasteiger partial charge in [-0.3, -0.25) is 0 Å². The fourth-order valence-corrected chi connectivity index (χ4v) is 1.77. The van der Waals surface area contributed by atoms with Crippen LogP contribution in [0.25, 0.3) is 0 Å². The summed E-state index contributed by atoms with van der Waals surface area (Å²) in [7, 11) is 1.12. The maximum atomic E-state index is 3.51. The summed E-state index contributed by atoms with van der Waals surface area (Å²) in [5.41, 5.74) is 1.44. The molecular formula is C9H13BrSi. The SMILES string of the molecule is CC(C)c1ccc(Br)c([SiH3])c1. The molecule has 0 aromatic heterocycles. The van der Waals surface area contributed by atoms with Crippen LogP contribution < -0.4 is 5.19 Å². The smallest absolute Gasteiger partial charge is 0.0399 e. The van der Waals surface area contributed by atoms with Gasteiger partial charge < -0.3 is 0 Å². The van der Waals surface area contributed by atoms with Gasteiger partial charge in [0.05, 0.1) is 0 Å². The van der Waals surface area contributed by atoms with E-state index in [9.17, 15) is 0 Å². The second-order valence-electron chi connectivity index (χ2n) is 3.16. The van der Waals surface area contributed by atoms with Gasteiger partial charge >= 0.3 is 0 Å². The van der Waals surface area contributed by atoms with Crippen LogP contribution in [0, 0.1) is 0 Å². The zero-order valence-corrected chi connectivity index (χ0v) is 10.8. The van der Waals surface area contributed by atoms with Crippen molar-refractivity contribution in [2.75, 3.05) is 0 Å². The number of hydrogen-bond donors (Lipinski definition) is 0. The van der Waals surface area contributed by atoms with Gasteiger partial charge in [0.25, 0.3) is 0 Å². The van der Waals surface area contributed by atoms with E-state index >= 15 is 0 Å². The molecule has 0 aliphatic carbocycles. The Balaban J connectivity index is 3.05. The molecule has 0 bridgehead atoms. The van der Waals surface area contributed by atoms with Gasteiger partial charge in [-0.1, -0.05) is 47.1 Å². The van der Waals surface area contributed by atoms with E-state index in [4.69, 9.17) is 0 Å². The van der Waals surface area contributed by atoms with Gasteiger partial charge in [0.1, 0.15) is 0 Å². The van der Waals surface area contributed by atoms with E-state index in [1.807, 2.05) is 0 Å². The number of halogens is 1. The lowest BCUT2D eigenvalue weighted by molar-refractivity contribution is 0.867. The number of rotatable bonds is 1. The summed E-state index contributed by atoms with van der Waals surface area (Å²) < 4.78 is 1.26. The molecule has 0 nitrogen and oxygen atoms in total. The molecule has 2 heteroatoms. The Morgan fingerprint density at radius 3 is 2.45 bits per heavy atom. The van der Waals surface area contributed by atoms with Crippen molar-refractivity contribution in [3.05, 3.63) is 28.2 Å². The fraction of sp³-hybridized carbons (Fsp3) is 0.333. The molecule has 1 aromatic rings. The van der Waals surface area contributed by atoms with E-state index in [0.717, 1.165) is 10.2 Å². The van der Waals surface area contributed by atoms with Crippen LogP contribution in [0.5, 0.6) is 0 Å². The van der Waals surface area contributed by atoms with Crippen LogP contribution in [0.2, 0.25) is 0 Å². The molecule has 11 heavy (non-hydrogen) atoms. The van der Waals surface area contributed by atoms with Crippen LogP contribution in [0.1, 0.15) is 25.3 Å². The molecular weight excluding hydrogens is 216 g/mol. The van der Waals surface area contributed by atoms with Gasteiger partial charge in [-0.25, -0.2) is 0 Å². The van der Waals surface area contributed by atoms with Gasteiger partial charge in [-0.15, -0.1) is 0 Å². The van der Waals surface area contributed by atoms with Crippen LogP contribution in [-0.4, -0.2) is 10.2 Å². The lowest BCUT2D eigenvalue weighted by atomic mass is 10.0. The van der Waals surface area contributed by atoms with Crippen molar-refractivity contribution < 1.29 is 0 Å². The summed E-state index contributed by atoms with van der Waals surface area (Å²) in [5, 5.41) is 1.45. The molecule has 0 unspecified atom stereocenters. The van der Waals surface area contributed by atoms with Crippen LogP contribution in [0.15, 0.2) is 22.7 Å². The highest BCUT2D eigenvalue weighted by atomic mass is 79.9. The minimum absolute atomic E-state index is 0.649. The van der Waals surface area contributed by atoms with Crippen LogP contribution in [-0.2, 0) is 0 Å². The molecule has 60 valence electrons. The average molecular weight is 229 g/mol. The van der Waals surface area contributed by atoms with E-state index < -0.39 is 0 Å². The first-order valence-electron chi connectivity index (χ1n) is 3.87. The first kappa shape index (κ1) is 9.01. The van der Waals surface area contributed by atoms with Gasteiger partial charge in [-0.2, -0.15) is 0 Å². The molecule has 0 heterocycles. The standard InChI is InChI=1S/C9H13BrSi/c1-6(2)7-3-4-8(10)9(11)5-7/h3-6H,1-2,11H3. The molecule has 1 rings (SSSR count). The summed E-state index contributed by atoms with van der Waals surface area (Å²) in [6, 6.07) is 6.63. The van der Waals surface area contributed by atoms with Gasteiger partial charge in [0, 0.05) is 14.7 Å². The summed E-state index contributed by atoms with van der Waals surface area (Å²) >= 11 is 3.51. The second-order valence-corrected chi connectivity index (χ2v) is 5.10. The van der Waals surface area contributed by atoms with Crippen molar-refractivity contribution in [2.24, 2.45) is 0 Å². The maximum absolute atomic E-state index is 3.51. The Labute approximate surface area is 79.6 Å². The molecule has 0 radical (unpaired) electrons. The van der Waals surface area contributed by atoms with Crippen LogP contribution in [0.3, 0.4) is 0 Å². The topological polar surface area (TPSA) is 0 Å². The Hall–Kier alpha value is -0.0831. The van der Waals surface area contributed by atoms with Gasteiger partial charge in [0.15, 0.2) is 0 Å². The number of hydrogen-bond acceptors (Lipinski definition) is 0. The third kappa shape index (κ3) is 2.17. The van der Waals surface area contributed by atoms with E-state index in [1.165, 1.54) is 15.2 Å². The Bertz CT molecular complexity index is 256. The molecule has 0 amide bonds. The van der Waals surface area contributed by atoms with E-state index in [2.05, 4.69) is 48.0 Å². The lowest BCUT2D eigenvalue weighted by Gasteiger charge is -2.06. The number of benzene rings is 1. The van der Waals surface area contributed by atoms with Crippen molar-refractivity contribution in [1.29, 1.82) is 0 Å². The molecule has 1 aromatic carbocycles. The Morgan fingerprint density at radius 1 is 1.36 bits per heavy atom.